The van der Waals surface area contributed by atoms with Crippen LogP contribution in [0.3, 0.4) is 0 Å². The van der Waals surface area contributed by atoms with Crippen molar-refractivity contribution in [3.63, 3.8) is 0 Å². The molecule has 0 unspecified atom stereocenters. The second-order valence-electron chi connectivity index (χ2n) is 19.3. The van der Waals surface area contributed by atoms with Crippen LogP contribution in [0.5, 0.6) is 11.5 Å². The zero-order valence-corrected chi connectivity index (χ0v) is 42.4. The van der Waals surface area contributed by atoms with Crippen molar-refractivity contribution >= 4 is 43.6 Å². The number of benzene rings is 6. The second kappa shape index (κ2) is 16.9. The van der Waals surface area contributed by atoms with Crippen LogP contribution in [0.25, 0.3) is 60.8 Å². The molecule has 10 rings (SSSR count). The van der Waals surface area contributed by atoms with Crippen molar-refractivity contribution in [2.24, 2.45) is 0 Å². The summed E-state index contributed by atoms with van der Waals surface area (Å²) in [5.74, 6) is 2.87. The van der Waals surface area contributed by atoms with Gasteiger partial charge in [0, 0.05) is 45.2 Å². The molecule has 4 aromatic heterocycles. The average molecular weight is 1050 g/mol. The van der Waals surface area contributed by atoms with E-state index in [-0.39, 0.29) is 26.5 Å². The summed E-state index contributed by atoms with van der Waals surface area (Å²) in [6, 6.07) is 46.7. The molecule has 66 heavy (non-hydrogen) atoms. The van der Waals surface area contributed by atoms with Gasteiger partial charge in [-0.25, -0.2) is 4.98 Å². The van der Waals surface area contributed by atoms with E-state index in [9.17, 15) is 0 Å². The molecule has 0 aliphatic rings. The van der Waals surface area contributed by atoms with Gasteiger partial charge in [0.05, 0.1) is 22.4 Å². The predicted octanol–water partition coefficient (Wildman–Crippen LogP) is 15.3. The topological polar surface area (TPSA) is 49.8 Å². The van der Waals surface area contributed by atoms with Crippen molar-refractivity contribution in [3.8, 4) is 28.7 Å². The minimum absolute atomic E-state index is 0. The third kappa shape index (κ3) is 7.39. The molecule has 0 amide bonds. The summed E-state index contributed by atoms with van der Waals surface area (Å²) in [6.07, 6.45) is 2.04. The summed E-state index contributed by atoms with van der Waals surface area (Å²) in [4.78, 5) is 5.28. The molecule has 0 N–H and O–H groups in total. The Bertz CT molecular complexity index is 3440. The van der Waals surface area contributed by atoms with Gasteiger partial charge < -0.3 is 13.9 Å². The molecule has 4 heterocycles. The summed E-state index contributed by atoms with van der Waals surface area (Å²) in [5.41, 5.74) is 17.8. The first-order valence-corrected chi connectivity index (χ1v) is 23.0. The molecule has 0 atom stereocenters. The van der Waals surface area contributed by atoms with Crippen LogP contribution in [0.1, 0.15) is 109 Å². The predicted molar refractivity (Wildman–Crippen MR) is 269 cm³/mol. The Morgan fingerprint density at radius 3 is 1.85 bits per heavy atom. The molecule has 0 spiro atoms. The maximum Gasteiger partial charge on any atom is 2.00 e. The molecule has 0 bridgehead atoms. The van der Waals surface area contributed by atoms with Crippen LogP contribution in [-0.2, 0) is 26.5 Å². The van der Waals surface area contributed by atoms with E-state index >= 15 is 0 Å². The minimum atomic E-state index is -0.327. The zero-order valence-electron chi connectivity index (χ0n) is 40.1. The summed E-state index contributed by atoms with van der Waals surface area (Å²) in [6.45, 7) is 26.7. The van der Waals surface area contributed by atoms with E-state index in [2.05, 4.69) is 201 Å². The van der Waals surface area contributed by atoms with Crippen LogP contribution in [-0.4, -0.2) is 23.9 Å². The first kappa shape index (κ1) is 44.9. The van der Waals surface area contributed by atoms with Gasteiger partial charge in [0.1, 0.15) is 5.82 Å². The van der Waals surface area contributed by atoms with Crippen molar-refractivity contribution in [2.45, 2.75) is 100 Å². The molecule has 0 aliphatic heterocycles. The van der Waals surface area contributed by atoms with E-state index in [1.54, 1.807) is 0 Å². The fraction of sp³-hybridized carbons (Fsp3) is 0.254. The fourth-order valence-electron chi connectivity index (χ4n) is 10.1. The van der Waals surface area contributed by atoms with Crippen LogP contribution >= 0.6 is 0 Å². The monoisotopic (exact) mass is 1050 g/mol. The van der Waals surface area contributed by atoms with Gasteiger partial charge in [-0.3, -0.25) is 4.68 Å². The molecule has 0 aliphatic carbocycles. The minimum Gasteiger partial charge on any atom is -0.509 e. The molecule has 0 saturated carbocycles. The number of ether oxygens (including phenoxy) is 1. The quantitative estimate of drug-likeness (QED) is 0.135. The van der Waals surface area contributed by atoms with Gasteiger partial charge in [-0.15, -0.1) is 41.3 Å². The molecular weight excluding hydrogens is 990 g/mol. The van der Waals surface area contributed by atoms with Crippen molar-refractivity contribution in [3.05, 3.63) is 183 Å². The molecular formula is C59H57N5OPt. The molecule has 7 heteroatoms. The maximum atomic E-state index is 6.87. The van der Waals surface area contributed by atoms with E-state index < -0.39 is 0 Å². The number of para-hydroxylation sites is 1. The molecule has 6 aromatic carbocycles. The van der Waals surface area contributed by atoms with Crippen molar-refractivity contribution in [1.82, 2.24) is 23.9 Å². The van der Waals surface area contributed by atoms with Crippen LogP contribution in [0.15, 0.2) is 115 Å². The van der Waals surface area contributed by atoms with E-state index in [0.29, 0.717) is 23.3 Å². The van der Waals surface area contributed by atoms with Gasteiger partial charge in [0.2, 0.25) is 0 Å². The standard InChI is InChI=1S/C59H57N5O.Pt/c1-34(2)42-24-36(5)56-51(27-42)52-28-43(35(3)4)25-37(6)57(52)63(56)55-38(7)33-60-58(41(55)10)62-53-21-17-16-20-49(53)50-23-22-47(32-54(50)62)65-48-30-45(59(11,12)44-18-14-13-15-19-44)29-46(31-48)64-40(9)26-39(8)61-64;/h13-30,33-35H,1-12H3;/q-2;+2. The Hall–Kier alpha value is -6.23. The SMILES string of the molecule is Cc1cc(C)n(-c2[c-]c(Oc3[c-]c4c(cc3)c3ccccc3n4-c3ncc(C)c(-n4c5c(C)cc(C(C)C)cc5c5cc(C(C)C)cc(C)c54)c3C)cc(C(C)(C)c3ccccc3)c2)n1.[Pt+2]. The summed E-state index contributed by atoms with van der Waals surface area (Å²) < 4.78 is 13.6. The first-order valence-electron chi connectivity index (χ1n) is 23.0. The molecule has 334 valence electrons. The number of aromatic nitrogens is 5. The smallest absolute Gasteiger partial charge is 0.509 e. The normalized spacial score (nSPS) is 12.1. The number of pyridine rings is 1. The van der Waals surface area contributed by atoms with E-state index in [1.165, 1.54) is 49.6 Å². The number of aryl methyl sites for hydroxylation is 5. The van der Waals surface area contributed by atoms with Crippen LogP contribution < -0.4 is 4.74 Å². The third-order valence-corrected chi connectivity index (χ3v) is 13.7. The van der Waals surface area contributed by atoms with Gasteiger partial charge in [0.25, 0.3) is 0 Å². The third-order valence-electron chi connectivity index (χ3n) is 13.7. The van der Waals surface area contributed by atoms with Crippen LogP contribution in [0, 0.1) is 53.7 Å². The molecule has 0 saturated heterocycles. The Labute approximate surface area is 403 Å². The maximum absolute atomic E-state index is 6.87. The van der Waals surface area contributed by atoms with Gasteiger partial charge in [-0.1, -0.05) is 108 Å². The van der Waals surface area contributed by atoms with Crippen molar-refractivity contribution in [1.29, 1.82) is 0 Å². The van der Waals surface area contributed by atoms with Gasteiger partial charge in [-0.05, 0) is 128 Å². The Kier molecular flexibility index (Phi) is 11.5. The summed E-state index contributed by atoms with van der Waals surface area (Å²) in [7, 11) is 0. The largest absolute Gasteiger partial charge is 2.00 e. The number of hydrogen-bond acceptors (Lipinski definition) is 3. The summed E-state index contributed by atoms with van der Waals surface area (Å²) >= 11 is 0. The number of hydrogen-bond donors (Lipinski definition) is 0. The number of rotatable bonds is 9. The number of nitrogens with zero attached hydrogens (tertiary/aromatic N) is 5. The molecule has 0 fully saturated rings. The van der Waals surface area contributed by atoms with Crippen LogP contribution in [0.4, 0.5) is 0 Å². The van der Waals surface area contributed by atoms with Gasteiger partial charge in [-0.2, -0.15) is 11.2 Å². The Morgan fingerprint density at radius 2 is 1.23 bits per heavy atom. The van der Waals surface area contributed by atoms with E-state index in [1.807, 2.05) is 23.9 Å². The molecule has 6 nitrogen and oxygen atoms in total. The van der Waals surface area contributed by atoms with Gasteiger partial charge in [0.15, 0.2) is 0 Å². The van der Waals surface area contributed by atoms with Crippen molar-refractivity contribution in [2.75, 3.05) is 0 Å². The van der Waals surface area contributed by atoms with E-state index in [0.717, 1.165) is 67.1 Å². The van der Waals surface area contributed by atoms with Gasteiger partial charge >= 0.3 is 21.1 Å². The fourth-order valence-corrected chi connectivity index (χ4v) is 10.1. The Balaban J connectivity index is 0.00000548. The molecule has 0 radical (unpaired) electrons. The van der Waals surface area contributed by atoms with Crippen LogP contribution in [0.2, 0.25) is 0 Å². The summed E-state index contributed by atoms with van der Waals surface area (Å²) in [5, 5.41) is 9.65. The first-order chi connectivity index (χ1) is 31.1. The number of fused-ring (bicyclic) bond motifs is 6. The van der Waals surface area contributed by atoms with Crippen molar-refractivity contribution < 1.29 is 25.8 Å². The second-order valence-corrected chi connectivity index (χ2v) is 19.3. The molecule has 10 aromatic rings. The van der Waals surface area contributed by atoms with E-state index in [4.69, 9.17) is 14.8 Å². The Morgan fingerprint density at radius 1 is 0.591 bits per heavy atom. The average Bonchev–Trinajstić information content (AvgIpc) is 3.92. The zero-order chi connectivity index (χ0) is 45.6.